The van der Waals surface area contributed by atoms with E-state index in [-0.39, 0.29) is 23.9 Å². The van der Waals surface area contributed by atoms with Crippen LogP contribution in [-0.4, -0.2) is 35.6 Å². The highest BCUT2D eigenvalue weighted by atomic mass is 19.4. The first kappa shape index (κ1) is 21.3. The number of hydrogen-bond donors (Lipinski definition) is 1. The van der Waals surface area contributed by atoms with Gasteiger partial charge in [0.2, 0.25) is 5.60 Å². The Hall–Kier alpha value is -2.96. The van der Waals surface area contributed by atoms with Crippen molar-refractivity contribution in [2.24, 2.45) is 0 Å². The van der Waals surface area contributed by atoms with E-state index in [1.807, 2.05) is 0 Å². The third kappa shape index (κ3) is 3.18. The third-order valence-corrected chi connectivity index (χ3v) is 5.18. The van der Waals surface area contributed by atoms with Gasteiger partial charge in [0.25, 0.3) is 0 Å². The van der Waals surface area contributed by atoms with Crippen LogP contribution in [0.5, 0.6) is 0 Å². The Morgan fingerprint density at radius 2 is 1.71 bits per heavy atom. The van der Waals surface area contributed by atoms with Gasteiger partial charge in [-0.3, -0.25) is 0 Å². The Morgan fingerprint density at radius 1 is 1.06 bits per heavy atom. The molecule has 1 aliphatic heterocycles. The van der Waals surface area contributed by atoms with Gasteiger partial charge in [-0.25, -0.2) is 9.37 Å². The molecule has 1 N–H and O–H groups in total. The molecule has 6 nitrogen and oxygen atoms in total. The molecule has 0 saturated heterocycles. The van der Waals surface area contributed by atoms with E-state index in [4.69, 9.17) is 0 Å². The van der Waals surface area contributed by atoms with E-state index in [2.05, 4.69) is 15.2 Å². The predicted molar refractivity (Wildman–Crippen MR) is 92.0 cm³/mol. The number of aliphatic hydroxyl groups is 1. The monoisotopic (exact) mass is 449 g/mol. The van der Waals surface area contributed by atoms with Gasteiger partial charge in [0, 0.05) is 12.1 Å². The smallest absolute Gasteiger partial charge is 0.374 e. The van der Waals surface area contributed by atoms with Crippen molar-refractivity contribution < 1.29 is 35.8 Å². The van der Waals surface area contributed by atoms with Gasteiger partial charge in [-0.2, -0.15) is 26.3 Å². The second-order valence-corrected chi connectivity index (χ2v) is 7.40. The maximum atomic E-state index is 13.5. The molecule has 0 amide bonds. The van der Waals surface area contributed by atoms with Gasteiger partial charge in [0.15, 0.2) is 17.5 Å². The molecule has 1 aliphatic rings. The van der Waals surface area contributed by atoms with Crippen molar-refractivity contribution in [3.8, 4) is 22.9 Å². The normalized spacial score (nSPS) is 18.5. The summed E-state index contributed by atoms with van der Waals surface area (Å²) in [5, 5.41) is 17.7. The molecule has 0 bridgehead atoms. The van der Waals surface area contributed by atoms with Gasteiger partial charge in [0.1, 0.15) is 11.5 Å². The standard InChI is InChI=1S/C18H14F7N5O/c1-8-7-29-13(10-4-3-9(19)5-11(10)17(20,21)22)27-28-14(29)12-6-26-15(30(8)12)16(2,31)18(23,24)25/h3-6,8,31H,7H2,1-2H3/t8-,16?/m0/s1. The molecule has 166 valence electrons. The first-order chi connectivity index (χ1) is 14.2. The van der Waals surface area contributed by atoms with Crippen molar-refractivity contribution in [3.63, 3.8) is 0 Å². The molecule has 0 fully saturated rings. The summed E-state index contributed by atoms with van der Waals surface area (Å²) < 4.78 is 96.2. The first-order valence-electron chi connectivity index (χ1n) is 8.91. The predicted octanol–water partition coefficient (Wildman–Crippen LogP) is 4.31. The van der Waals surface area contributed by atoms with Crippen LogP contribution in [0.4, 0.5) is 30.7 Å². The summed E-state index contributed by atoms with van der Waals surface area (Å²) in [6.07, 6.45) is -8.84. The van der Waals surface area contributed by atoms with Crippen LogP contribution in [-0.2, 0) is 18.3 Å². The van der Waals surface area contributed by atoms with Crippen LogP contribution in [0.2, 0.25) is 0 Å². The number of nitrogens with zero attached hydrogens (tertiary/aromatic N) is 5. The summed E-state index contributed by atoms with van der Waals surface area (Å²) in [5.41, 5.74) is -4.89. The molecule has 0 saturated carbocycles. The minimum absolute atomic E-state index is 0.0257. The largest absolute Gasteiger partial charge is 0.424 e. The van der Waals surface area contributed by atoms with E-state index in [1.165, 1.54) is 11.5 Å². The molecule has 3 aromatic rings. The number of alkyl halides is 6. The van der Waals surface area contributed by atoms with E-state index >= 15 is 0 Å². The second kappa shape index (κ2) is 6.52. The van der Waals surface area contributed by atoms with Crippen LogP contribution in [0.1, 0.15) is 31.3 Å². The lowest BCUT2D eigenvalue weighted by Gasteiger charge is -2.31. The molecule has 2 atom stereocenters. The fourth-order valence-corrected chi connectivity index (χ4v) is 3.62. The summed E-state index contributed by atoms with van der Waals surface area (Å²) in [7, 11) is 0. The Morgan fingerprint density at radius 3 is 2.32 bits per heavy atom. The van der Waals surface area contributed by atoms with E-state index in [9.17, 15) is 35.8 Å². The zero-order chi connectivity index (χ0) is 22.9. The summed E-state index contributed by atoms with van der Waals surface area (Å²) >= 11 is 0. The van der Waals surface area contributed by atoms with Crippen LogP contribution in [0, 0.1) is 5.82 Å². The lowest BCUT2D eigenvalue weighted by molar-refractivity contribution is -0.262. The quantitative estimate of drug-likeness (QED) is 0.592. The number of aromatic nitrogens is 5. The molecule has 1 aromatic carbocycles. The Bertz CT molecular complexity index is 1160. The van der Waals surface area contributed by atoms with Crippen molar-refractivity contribution >= 4 is 0 Å². The van der Waals surface area contributed by atoms with Crippen molar-refractivity contribution in [2.75, 3.05) is 0 Å². The Labute approximate surface area is 170 Å². The van der Waals surface area contributed by atoms with Gasteiger partial charge in [-0.15, -0.1) is 10.2 Å². The highest BCUT2D eigenvalue weighted by molar-refractivity contribution is 5.65. The van der Waals surface area contributed by atoms with Gasteiger partial charge in [-0.05, 0) is 32.0 Å². The van der Waals surface area contributed by atoms with Crippen LogP contribution >= 0.6 is 0 Å². The summed E-state index contributed by atoms with van der Waals surface area (Å²) in [6.45, 7) is 1.98. The molecule has 0 aliphatic carbocycles. The maximum absolute atomic E-state index is 13.5. The number of hydrogen-bond acceptors (Lipinski definition) is 4. The van der Waals surface area contributed by atoms with E-state index in [0.29, 0.717) is 13.0 Å². The van der Waals surface area contributed by atoms with Gasteiger partial charge < -0.3 is 14.2 Å². The molecule has 13 heteroatoms. The summed E-state index contributed by atoms with van der Waals surface area (Å²) in [6, 6.07) is 1.37. The molecule has 4 rings (SSSR count). The average molecular weight is 449 g/mol. The Balaban J connectivity index is 1.89. The minimum Gasteiger partial charge on any atom is -0.374 e. The molecular weight excluding hydrogens is 435 g/mol. The minimum atomic E-state index is -5.01. The fraction of sp³-hybridized carbons (Fsp3) is 0.389. The van der Waals surface area contributed by atoms with Crippen molar-refractivity contribution in [2.45, 2.75) is 44.4 Å². The molecule has 31 heavy (non-hydrogen) atoms. The topological polar surface area (TPSA) is 68.8 Å². The van der Waals surface area contributed by atoms with Gasteiger partial charge in [-0.1, -0.05) is 0 Å². The summed E-state index contributed by atoms with van der Waals surface area (Å²) in [5.74, 6) is -2.00. The molecule has 3 heterocycles. The number of rotatable bonds is 2. The lowest BCUT2D eigenvalue weighted by Crippen LogP contribution is -2.42. The van der Waals surface area contributed by atoms with E-state index < -0.39 is 46.8 Å². The average Bonchev–Trinajstić information content (AvgIpc) is 3.25. The highest BCUT2D eigenvalue weighted by Crippen LogP contribution is 2.43. The van der Waals surface area contributed by atoms with Gasteiger partial charge >= 0.3 is 12.4 Å². The van der Waals surface area contributed by atoms with Crippen LogP contribution in [0.3, 0.4) is 0 Å². The first-order valence-corrected chi connectivity index (χ1v) is 8.91. The Kier molecular flexibility index (Phi) is 4.47. The van der Waals surface area contributed by atoms with E-state index in [0.717, 1.165) is 22.9 Å². The molecule has 0 radical (unpaired) electrons. The van der Waals surface area contributed by atoms with Crippen LogP contribution in [0.15, 0.2) is 24.4 Å². The molecule has 1 unspecified atom stereocenters. The zero-order valence-electron chi connectivity index (χ0n) is 15.9. The van der Waals surface area contributed by atoms with Crippen molar-refractivity contribution in [1.82, 2.24) is 24.3 Å². The van der Waals surface area contributed by atoms with Crippen LogP contribution in [0.25, 0.3) is 22.9 Å². The second-order valence-electron chi connectivity index (χ2n) is 7.40. The van der Waals surface area contributed by atoms with E-state index in [1.54, 1.807) is 0 Å². The lowest BCUT2D eigenvalue weighted by atomic mass is 10.0. The number of imidazole rings is 1. The van der Waals surface area contributed by atoms with Crippen LogP contribution < -0.4 is 0 Å². The molecular formula is C18H14F7N5O. The number of fused-ring (bicyclic) bond motifs is 3. The fourth-order valence-electron chi connectivity index (χ4n) is 3.62. The molecule has 2 aromatic heterocycles. The zero-order valence-corrected chi connectivity index (χ0v) is 15.9. The number of halogens is 7. The summed E-state index contributed by atoms with van der Waals surface area (Å²) in [4.78, 5) is 3.72. The highest BCUT2D eigenvalue weighted by Gasteiger charge is 2.55. The van der Waals surface area contributed by atoms with Crippen molar-refractivity contribution in [1.29, 1.82) is 0 Å². The number of benzene rings is 1. The maximum Gasteiger partial charge on any atom is 0.424 e. The SMILES string of the molecule is C[C@H]1Cn2c(-c3ccc(F)cc3C(F)(F)F)nnc2-c2cnc(C(C)(O)C(F)(F)F)n21. The molecule has 0 spiro atoms. The third-order valence-electron chi connectivity index (χ3n) is 5.18. The van der Waals surface area contributed by atoms with Crippen molar-refractivity contribution in [3.05, 3.63) is 41.6 Å². The van der Waals surface area contributed by atoms with Gasteiger partial charge in [0.05, 0.1) is 17.8 Å².